The second-order valence-corrected chi connectivity index (χ2v) is 8.22. The van der Waals surface area contributed by atoms with Crippen LogP contribution in [-0.4, -0.2) is 59.2 Å². The Labute approximate surface area is 174 Å². The quantitative estimate of drug-likeness (QED) is 0.748. The van der Waals surface area contributed by atoms with Crippen molar-refractivity contribution in [1.29, 1.82) is 0 Å². The van der Waals surface area contributed by atoms with Crippen LogP contribution < -0.4 is 10.6 Å². The second-order valence-electron chi connectivity index (χ2n) is 8.22. The van der Waals surface area contributed by atoms with E-state index in [4.69, 9.17) is 0 Å². The van der Waals surface area contributed by atoms with Crippen LogP contribution in [0, 0.1) is 17.8 Å². The summed E-state index contributed by atoms with van der Waals surface area (Å²) in [6, 6.07) is 0. The third-order valence-corrected chi connectivity index (χ3v) is 6.12. The smallest absolute Gasteiger partial charge is 0.254 e. The van der Waals surface area contributed by atoms with Crippen molar-refractivity contribution in [3.8, 4) is 0 Å². The number of nitrogens with zero attached hydrogens (tertiary/aromatic N) is 3. The summed E-state index contributed by atoms with van der Waals surface area (Å²) >= 11 is 0. The van der Waals surface area contributed by atoms with E-state index in [-0.39, 0.29) is 18.3 Å². The topological polar surface area (TPSA) is 79.3 Å². The minimum atomic E-state index is -0.0727. The fourth-order valence-corrected chi connectivity index (χ4v) is 4.20. The van der Waals surface area contributed by atoms with Crippen molar-refractivity contribution in [3.63, 3.8) is 0 Å². The summed E-state index contributed by atoms with van der Waals surface area (Å²) in [6.45, 7) is 6.66. The molecular weight excluding hydrogens is 378 g/mol. The lowest BCUT2D eigenvalue weighted by Crippen LogP contribution is -2.43. The number of rotatable bonds is 6. The van der Waals surface area contributed by atoms with E-state index >= 15 is 0 Å². The number of amides is 2. The van der Waals surface area contributed by atoms with Gasteiger partial charge in [0.1, 0.15) is 0 Å². The number of hydrogen-bond donors (Lipinski definition) is 2. The van der Waals surface area contributed by atoms with Gasteiger partial charge in [-0.25, -0.2) is 0 Å². The first-order valence-electron chi connectivity index (χ1n) is 10.3. The molecule has 2 fully saturated rings. The Kier molecular flexibility index (Phi) is 8.76. The van der Waals surface area contributed by atoms with E-state index in [9.17, 15) is 9.59 Å². The molecule has 0 saturated carbocycles. The number of halogens is 1. The molecule has 158 valence electrons. The zero-order chi connectivity index (χ0) is 19.2. The maximum Gasteiger partial charge on any atom is 0.254 e. The van der Waals surface area contributed by atoms with Crippen LogP contribution in [0.5, 0.6) is 0 Å². The number of hydrogen-bond acceptors (Lipinski definition) is 4. The highest BCUT2D eigenvalue weighted by Crippen LogP contribution is 2.24. The zero-order valence-corrected chi connectivity index (χ0v) is 17.8. The van der Waals surface area contributed by atoms with Crippen LogP contribution in [0.4, 0.5) is 0 Å². The van der Waals surface area contributed by atoms with Crippen molar-refractivity contribution in [2.45, 2.75) is 39.0 Å². The van der Waals surface area contributed by atoms with Crippen LogP contribution in [0.3, 0.4) is 0 Å². The van der Waals surface area contributed by atoms with Gasteiger partial charge in [0.2, 0.25) is 5.91 Å². The van der Waals surface area contributed by atoms with Crippen molar-refractivity contribution in [2.24, 2.45) is 24.8 Å². The molecule has 2 aliphatic heterocycles. The van der Waals surface area contributed by atoms with Gasteiger partial charge in [-0.05, 0) is 56.5 Å². The summed E-state index contributed by atoms with van der Waals surface area (Å²) in [5, 5.41) is 10.5. The molecule has 2 atom stereocenters. The van der Waals surface area contributed by atoms with Gasteiger partial charge in [0, 0.05) is 39.3 Å². The van der Waals surface area contributed by atoms with Gasteiger partial charge in [0.05, 0.1) is 11.8 Å². The van der Waals surface area contributed by atoms with Gasteiger partial charge in [0.15, 0.2) is 0 Å². The normalized spacial score (nSPS) is 21.6. The monoisotopic (exact) mass is 411 g/mol. The molecule has 1 aromatic heterocycles. The molecule has 2 unspecified atom stereocenters. The molecule has 3 rings (SSSR count). The van der Waals surface area contributed by atoms with E-state index in [0.29, 0.717) is 42.2 Å². The molecule has 2 aliphatic rings. The summed E-state index contributed by atoms with van der Waals surface area (Å²) < 4.78 is 1.63. The zero-order valence-electron chi connectivity index (χ0n) is 17.0. The Morgan fingerprint density at radius 2 is 2.07 bits per heavy atom. The Hall–Kier alpha value is -1.60. The fraction of sp³-hybridized carbons (Fsp3) is 0.750. The molecular formula is C20H34ClN5O2. The van der Waals surface area contributed by atoms with Crippen LogP contribution in [0.15, 0.2) is 12.4 Å². The van der Waals surface area contributed by atoms with Crippen LogP contribution in [0.2, 0.25) is 0 Å². The molecule has 0 aromatic carbocycles. The predicted octanol–water partition coefficient (Wildman–Crippen LogP) is 1.84. The van der Waals surface area contributed by atoms with E-state index in [1.165, 1.54) is 12.8 Å². The van der Waals surface area contributed by atoms with E-state index in [2.05, 4.69) is 22.7 Å². The number of carbonyl (C=O) groups is 2. The molecule has 0 radical (unpaired) electrons. The fourth-order valence-electron chi connectivity index (χ4n) is 4.20. The van der Waals surface area contributed by atoms with E-state index < -0.39 is 0 Å². The molecule has 8 heteroatoms. The molecule has 1 aromatic rings. The molecule has 0 aliphatic carbocycles. The van der Waals surface area contributed by atoms with Crippen molar-refractivity contribution in [3.05, 3.63) is 18.0 Å². The first kappa shape index (κ1) is 22.7. The number of aromatic nitrogens is 2. The molecule has 3 heterocycles. The molecule has 2 saturated heterocycles. The van der Waals surface area contributed by atoms with Gasteiger partial charge in [-0.15, -0.1) is 12.4 Å². The minimum Gasteiger partial charge on any atom is -0.352 e. The van der Waals surface area contributed by atoms with Crippen molar-refractivity contribution in [2.75, 3.05) is 32.7 Å². The van der Waals surface area contributed by atoms with Gasteiger partial charge >= 0.3 is 0 Å². The summed E-state index contributed by atoms with van der Waals surface area (Å²) in [5.41, 5.74) is 0.594. The van der Waals surface area contributed by atoms with Gasteiger partial charge in [-0.1, -0.05) is 6.92 Å². The summed E-state index contributed by atoms with van der Waals surface area (Å²) in [5.74, 6) is 1.74. The van der Waals surface area contributed by atoms with Crippen molar-refractivity contribution in [1.82, 2.24) is 25.3 Å². The van der Waals surface area contributed by atoms with E-state index in [1.54, 1.807) is 24.1 Å². The first-order chi connectivity index (χ1) is 13.0. The predicted molar refractivity (Wildman–Crippen MR) is 111 cm³/mol. The lowest BCUT2D eigenvalue weighted by Gasteiger charge is -2.34. The summed E-state index contributed by atoms with van der Waals surface area (Å²) in [7, 11) is 1.80. The SMILES string of the molecule is CC(CC(=O)N1CCC(CNC(=O)c2cnn(C)c2)CC1)C1CCCNC1.Cl. The van der Waals surface area contributed by atoms with Crippen molar-refractivity contribution >= 4 is 24.2 Å². The highest BCUT2D eigenvalue weighted by atomic mass is 35.5. The minimum absolute atomic E-state index is 0. The third-order valence-electron chi connectivity index (χ3n) is 6.12. The molecule has 28 heavy (non-hydrogen) atoms. The molecule has 2 N–H and O–H groups in total. The summed E-state index contributed by atoms with van der Waals surface area (Å²) in [6.07, 6.45) is 8.34. The van der Waals surface area contributed by atoms with Crippen LogP contribution in [0.1, 0.15) is 49.4 Å². The Morgan fingerprint density at radius 3 is 2.68 bits per heavy atom. The van der Waals surface area contributed by atoms with E-state index in [1.807, 2.05) is 4.90 Å². The number of aryl methyl sites for hydroxylation is 1. The average molecular weight is 412 g/mol. The second kappa shape index (κ2) is 10.8. The maximum absolute atomic E-state index is 12.6. The third kappa shape index (κ3) is 6.21. The van der Waals surface area contributed by atoms with Crippen LogP contribution >= 0.6 is 12.4 Å². The van der Waals surface area contributed by atoms with Gasteiger partial charge in [-0.2, -0.15) is 5.10 Å². The standard InChI is InChI=1S/C20H33N5O2.ClH/c1-15(17-4-3-7-21-12-17)10-19(26)25-8-5-16(6-9-25)11-22-20(27)18-13-23-24(2)14-18;/h13-17,21H,3-12H2,1-2H3,(H,22,27);1H. The molecule has 2 amide bonds. The van der Waals surface area contributed by atoms with Gasteiger partial charge in [0.25, 0.3) is 5.91 Å². The van der Waals surface area contributed by atoms with Crippen LogP contribution in [0.25, 0.3) is 0 Å². The lowest BCUT2D eigenvalue weighted by atomic mass is 9.85. The first-order valence-corrected chi connectivity index (χ1v) is 10.3. The Bertz CT molecular complexity index is 636. The van der Waals surface area contributed by atoms with Crippen LogP contribution in [-0.2, 0) is 11.8 Å². The summed E-state index contributed by atoms with van der Waals surface area (Å²) in [4.78, 5) is 26.8. The van der Waals surface area contributed by atoms with Crippen molar-refractivity contribution < 1.29 is 9.59 Å². The van der Waals surface area contributed by atoms with Gasteiger partial charge < -0.3 is 15.5 Å². The molecule has 0 bridgehead atoms. The molecule has 0 spiro atoms. The number of carbonyl (C=O) groups excluding carboxylic acids is 2. The van der Waals surface area contributed by atoms with Gasteiger partial charge in [-0.3, -0.25) is 14.3 Å². The maximum atomic E-state index is 12.6. The average Bonchev–Trinajstić information content (AvgIpc) is 3.13. The number of likely N-dealkylation sites (tertiary alicyclic amines) is 1. The Morgan fingerprint density at radius 1 is 1.32 bits per heavy atom. The number of piperidine rings is 2. The highest BCUT2D eigenvalue weighted by Gasteiger charge is 2.27. The largest absolute Gasteiger partial charge is 0.352 e. The highest BCUT2D eigenvalue weighted by molar-refractivity contribution is 5.93. The Balaban J connectivity index is 0.00000280. The number of nitrogens with one attached hydrogen (secondary N) is 2. The molecule has 7 nitrogen and oxygen atoms in total. The van der Waals surface area contributed by atoms with E-state index in [0.717, 1.165) is 39.0 Å². The lowest BCUT2D eigenvalue weighted by molar-refractivity contribution is -0.133.